The summed E-state index contributed by atoms with van der Waals surface area (Å²) in [4.78, 5) is 14.0. The van der Waals surface area contributed by atoms with E-state index in [1.54, 1.807) is 17.0 Å². The summed E-state index contributed by atoms with van der Waals surface area (Å²) in [5, 5.41) is 0. The van der Waals surface area contributed by atoms with Crippen LogP contribution in [0.4, 0.5) is 0 Å². The Hall–Kier alpha value is -2.02. The van der Waals surface area contributed by atoms with Crippen molar-refractivity contribution in [2.24, 2.45) is 0 Å². The van der Waals surface area contributed by atoms with Gasteiger partial charge < -0.3 is 14.4 Å². The van der Waals surface area contributed by atoms with Crippen LogP contribution in [-0.4, -0.2) is 50.1 Å². The summed E-state index contributed by atoms with van der Waals surface area (Å²) in [6, 6.07) is 5.22. The summed E-state index contributed by atoms with van der Waals surface area (Å²) < 4.78 is 33.7. The molecule has 0 aliphatic carbocycles. The minimum absolute atomic E-state index is 0.0600. The molecule has 3 rings (SSSR count). The van der Waals surface area contributed by atoms with E-state index in [0.717, 1.165) is 5.56 Å². The van der Waals surface area contributed by atoms with Gasteiger partial charge in [0.25, 0.3) is 0 Å². The van der Waals surface area contributed by atoms with Gasteiger partial charge >= 0.3 is 0 Å². The van der Waals surface area contributed by atoms with Gasteiger partial charge in [-0.2, -0.15) is 0 Å². The van der Waals surface area contributed by atoms with Crippen LogP contribution in [0.5, 0.6) is 11.5 Å². The summed E-state index contributed by atoms with van der Waals surface area (Å²) in [6.07, 6.45) is 3.70. The van der Waals surface area contributed by atoms with E-state index in [-0.39, 0.29) is 30.2 Å². The number of carbonyl (C=O) groups excluding carboxylic acids is 1. The van der Waals surface area contributed by atoms with Gasteiger partial charge in [0, 0.05) is 18.7 Å². The average Bonchev–Trinajstić information content (AvgIpc) is 3.11. The van der Waals surface area contributed by atoms with Crippen molar-refractivity contribution in [2.45, 2.75) is 19.4 Å². The van der Waals surface area contributed by atoms with Crippen LogP contribution in [0.3, 0.4) is 0 Å². The topological polar surface area (TPSA) is 72.9 Å². The quantitative estimate of drug-likeness (QED) is 0.778. The molecule has 124 valence electrons. The Kier molecular flexibility index (Phi) is 4.30. The molecule has 1 aromatic rings. The number of nitrogens with zero attached hydrogens (tertiary/aromatic N) is 1. The third-order valence-corrected chi connectivity index (χ3v) is 5.84. The molecule has 1 atom stereocenters. The molecule has 1 amide bonds. The number of likely N-dealkylation sites (N-methyl/N-ethyl adjacent to an activating group) is 1. The first-order chi connectivity index (χ1) is 11.0. The maximum atomic E-state index is 12.4. The second-order valence-electron chi connectivity index (χ2n) is 5.63. The molecule has 1 fully saturated rings. The Morgan fingerprint density at radius 3 is 2.83 bits per heavy atom. The molecule has 1 unspecified atom stereocenters. The third kappa shape index (κ3) is 3.50. The largest absolute Gasteiger partial charge is 0.454 e. The number of benzene rings is 1. The van der Waals surface area contributed by atoms with Crippen molar-refractivity contribution in [3.8, 4) is 11.5 Å². The Balaban J connectivity index is 1.69. The van der Waals surface area contributed by atoms with Crippen LogP contribution in [0.25, 0.3) is 6.08 Å². The molecular formula is C16H19NO5S. The zero-order chi connectivity index (χ0) is 16.4. The SMILES string of the molecule is CCN(C(=O)/C=C/c1ccc2c(c1)OCO2)C1CCS(=O)(=O)C1. The number of hydrogen-bond donors (Lipinski definition) is 0. The van der Waals surface area contributed by atoms with Gasteiger partial charge in [-0.1, -0.05) is 6.07 Å². The zero-order valence-corrected chi connectivity index (χ0v) is 13.7. The number of carbonyl (C=O) groups is 1. The average molecular weight is 337 g/mol. The van der Waals surface area contributed by atoms with Gasteiger partial charge in [0.15, 0.2) is 21.3 Å². The van der Waals surface area contributed by atoms with E-state index in [9.17, 15) is 13.2 Å². The highest BCUT2D eigenvalue weighted by Crippen LogP contribution is 2.32. The van der Waals surface area contributed by atoms with Crippen LogP contribution in [0.15, 0.2) is 24.3 Å². The highest BCUT2D eigenvalue weighted by Gasteiger charge is 2.33. The molecule has 1 saturated heterocycles. The molecule has 0 aromatic heterocycles. The molecule has 2 heterocycles. The summed E-state index contributed by atoms with van der Waals surface area (Å²) in [5.74, 6) is 1.40. The molecule has 0 radical (unpaired) electrons. The fraction of sp³-hybridized carbons (Fsp3) is 0.438. The van der Waals surface area contributed by atoms with Gasteiger partial charge in [0.1, 0.15) is 0 Å². The fourth-order valence-corrected chi connectivity index (χ4v) is 4.63. The maximum absolute atomic E-state index is 12.4. The number of sulfone groups is 1. The summed E-state index contributed by atoms with van der Waals surface area (Å²) in [5.41, 5.74) is 0.831. The van der Waals surface area contributed by atoms with Crippen molar-refractivity contribution < 1.29 is 22.7 Å². The van der Waals surface area contributed by atoms with Crippen LogP contribution in [0.2, 0.25) is 0 Å². The van der Waals surface area contributed by atoms with Crippen molar-refractivity contribution in [3.05, 3.63) is 29.8 Å². The molecule has 7 heteroatoms. The van der Waals surface area contributed by atoms with E-state index in [4.69, 9.17) is 9.47 Å². The number of rotatable bonds is 4. The van der Waals surface area contributed by atoms with Crippen LogP contribution >= 0.6 is 0 Å². The Morgan fingerprint density at radius 2 is 2.13 bits per heavy atom. The first kappa shape index (κ1) is 15.9. The van der Waals surface area contributed by atoms with Crippen molar-refractivity contribution >= 4 is 21.8 Å². The summed E-state index contributed by atoms with van der Waals surface area (Å²) >= 11 is 0. The number of fused-ring (bicyclic) bond motifs is 1. The Labute approximate surface area is 135 Å². The standard InChI is InChI=1S/C16H19NO5S/c1-2-17(13-7-8-23(19,20)10-13)16(18)6-4-12-3-5-14-15(9-12)22-11-21-14/h3-6,9,13H,2,7-8,10-11H2,1H3/b6-4+. The van der Waals surface area contributed by atoms with Crippen LogP contribution in [0, 0.1) is 0 Å². The van der Waals surface area contributed by atoms with Crippen LogP contribution < -0.4 is 9.47 Å². The van der Waals surface area contributed by atoms with Gasteiger partial charge in [-0.05, 0) is 37.1 Å². The Bertz CT molecular complexity index is 741. The van der Waals surface area contributed by atoms with E-state index >= 15 is 0 Å². The molecule has 2 aliphatic heterocycles. The minimum atomic E-state index is -3.01. The van der Waals surface area contributed by atoms with Crippen LogP contribution in [0.1, 0.15) is 18.9 Å². The van der Waals surface area contributed by atoms with E-state index in [1.807, 2.05) is 19.1 Å². The lowest BCUT2D eigenvalue weighted by atomic mass is 10.1. The molecule has 0 spiro atoms. The van der Waals surface area contributed by atoms with E-state index in [2.05, 4.69) is 0 Å². The highest BCUT2D eigenvalue weighted by atomic mass is 32.2. The fourth-order valence-electron chi connectivity index (χ4n) is 2.90. The highest BCUT2D eigenvalue weighted by molar-refractivity contribution is 7.91. The monoisotopic (exact) mass is 337 g/mol. The maximum Gasteiger partial charge on any atom is 0.246 e. The summed E-state index contributed by atoms with van der Waals surface area (Å²) in [6.45, 7) is 2.56. The molecule has 2 aliphatic rings. The number of ether oxygens (including phenoxy) is 2. The van der Waals surface area contributed by atoms with Crippen molar-refractivity contribution in [2.75, 3.05) is 24.8 Å². The lowest BCUT2D eigenvalue weighted by Gasteiger charge is -2.25. The molecular weight excluding hydrogens is 318 g/mol. The molecule has 0 bridgehead atoms. The molecule has 23 heavy (non-hydrogen) atoms. The number of hydrogen-bond acceptors (Lipinski definition) is 5. The first-order valence-corrected chi connectivity index (χ1v) is 9.39. The van der Waals surface area contributed by atoms with Gasteiger partial charge in [-0.25, -0.2) is 8.42 Å². The molecule has 0 saturated carbocycles. The van der Waals surface area contributed by atoms with E-state index < -0.39 is 9.84 Å². The van der Waals surface area contributed by atoms with Crippen molar-refractivity contribution in [1.82, 2.24) is 4.90 Å². The van der Waals surface area contributed by atoms with Crippen molar-refractivity contribution in [3.63, 3.8) is 0 Å². The van der Waals surface area contributed by atoms with Gasteiger partial charge in [0.2, 0.25) is 12.7 Å². The minimum Gasteiger partial charge on any atom is -0.454 e. The van der Waals surface area contributed by atoms with Gasteiger partial charge in [-0.15, -0.1) is 0 Å². The molecule has 6 nitrogen and oxygen atoms in total. The van der Waals surface area contributed by atoms with Crippen molar-refractivity contribution in [1.29, 1.82) is 0 Å². The lowest BCUT2D eigenvalue weighted by Crippen LogP contribution is -2.40. The predicted molar refractivity (Wildman–Crippen MR) is 86.0 cm³/mol. The lowest BCUT2D eigenvalue weighted by molar-refractivity contribution is -0.127. The van der Waals surface area contributed by atoms with Gasteiger partial charge in [0.05, 0.1) is 11.5 Å². The summed E-state index contributed by atoms with van der Waals surface area (Å²) in [7, 11) is -3.01. The second-order valence-corrected chi connectivity index (χ2v) is 7.86. The van der Waals surface area contributed by atoms with Crippen LogP contribution in [-0.2, 0) is 14.6 Å². The Morgan fingerprint density at radius 1 is 1.35 bits per heavy atom. The number of amides is 1. The smallest absolute Gasteiger partial charge is 0.246 e. The third-order valence-electron chi connectivity index (χ3n) is 4.09. The molecule has 1 aromatic carbocycles. The van der Waals surface area contributed by atoms with Gasteiger partial charge in [-0.3, -0.25) is 4.79 Å². The van der Waals surface area contributed by atoms with E-state index in [1.165, 1.54) is 6.08 Å². The first-order valence-electron chi connectivity index (χ1n) is 7.57. The molecule has 0 N–H and O–H groups in total. The normalized spacial score (nSPS) is 21.7. The predicted octanol–water partition coefficient (Wildman–Crippen LogP) is 1.46. The van der Waals surface area contributed by atoms with E-state index in [0.29, 0.717) is 24.5 Å². The second kappa shape index (κ2) is 6.23. The zero-order valence-electron chi connectivity index (χ0n) is 12.9.